The van der Waals surface area contributed by atoms with Crippen molar-refractivity contribution >= 4 is 17.3 Å². The minimum absolute atomic E-state index is 0.179. The zero-order valence-electron chi connectivity index (χ0n) is 17.7. The van der Waals surface area contributed by atoms with Crippen LogP contribution in [0, 0.1) is 5.82 Å². The Labute approximate surface area is 195 Å². The monoisotopic (exact) mass is 474 g/mol. The SMILES string of the molecule is C=C(N)C(C(=C)N(CCc1ccc(C(F)(F)F)cc1)c1ccc(F)cc1Cl)c1ccccc1. The van der Waals surface area contributed by atoms with Crippen LogP contribution in [0.15, 0.2) is 97.3 Å². The number of rotatable bonds is 8. The van der Waals surface area contributed by atoms with Crippen LogP contribution in [-0.4, -0.2) is 6.54 Å². The molecule has 0 amide bonds. The molecular formula is C26H23ClF4N2. The third-order valence-corrected chi connectivity index (χ3v) is 5.59. The first-order chi connectivity index (χ1) is 15.6. The van der Waals surface area contributed by atoms with Crippen LogP contribution in [0.2, 0.25) is 5.02 Å². The Hall–Kier alpha value is -3.25. The zero-order valence-corrected chi connectivity index (χ0v) is 18.5. The molecule has 2 N–H and O–H groups in total. The van der Waals surface area contributed by atoms with E-state index in [0.29, 0.717) is 35.6 Å². The predicted octanol–water partition coefficient (Wildman–Crippen LogP) is 7.32. The molecule has 0 fully saturated rings. The molecule has 33 heavy (non-hydrogen) atoms. The number of alkyl halides is 3. The Balaban J connectivity index is 1.94. The number of hydrogen-bond donors (Lipinski definition) is 1. The lowest BCUT2D eigenvalue weighted by Crippen LogP contribution is -2.30. The summed E-state index contributed by atoms with van der Waals surface area (Å²) < 4.78 is 52.3. The Morgan fingerprint density at radius 3 is 2.15 bits per heavy atom. The largest absolute Gasteiger partial charge is 0.416 e. The van der Waals surface area contributed by atoms with Crippen molar-refractivity contribution in [2.24, 2.45) is 5.73 Å². The van der Waals surface area contributed by atoms with Crippen molar-refractivity contribution in [2.75, 3.05) is 11.4 Å². The summed E-state index contributed by atoms with van der Waals surface area (Å²) >= 11 is 6.35. The summed E-state index contributed by atoms with van der Waals surface area (Å²) in [6.45, 7) is 8.47. The predicted molar refractivity (Wildman–Crippen MR) is 126 cm³/mol. The number of hydrogen-bond acceptors (Lipinski definition) is 2. The third kappa shape index (κ3) is 5.96. The average molecular weight is 475 g/mol. The van der Waals surface area contributed by atoms with Gasteiger partial charge in [0.25, 0.3) is 0 Å². The summed E-state index contributed by atoms with van der Waals surface area (Å²) in [5.41, 5.74) is 8.42. The lowest BCUT2D eigenvalue weighted by molar-refractivity contribution is -0.137. The molecular weight excluding hydrogens is 452 g/mol. The van der Waals surface area contributed by atoms with E-state index in [9.17, 15) is 17.6 Å². The van der Waals surface area contributed by atoms with Gasteiger partial charge in [-0.3, -0.25) is 0 Å². The fourth-order valence-corrected chi connectivity index (χ4v) is 3.91. The summed E-state index contributed by atoms with van der Waals surface area (Å²) in [4.78, 5) is 1.80. The van der Waals surface area contributed by atoms with E-state index in [4.69, 9.17) is 17.3 Å². The van der Waals surface area contributed by atoms with Gasteiger partial charge < -0.3 is 10.6 Å². The highest BCUT2D eigenvalue weighted by atomic mass is 35.5. The maximum absolute atomic E-state index is 13.7. The first kappa shape index (κ1) is 24.4. The second-order valence-electron chi connectivity index (χ2n) is 7.60. The van der Waals surface area contributed by atoms with Crippen molar-refractivity contribution in [1.29, 1.82) is 0 Å². The fraction of sp³-hybridized carbons (Fsp3) is 0.154. The van der Waals surface area contributed by atoms with Crippen molar-refractivity contribution in [3.63, 3.8) is 0 Å². The first-order valence-electron chi connectivity index (χ1n) is 10.1. The minimum atomic E-state index is -4.40. The van der Waals surface area contributed by atoms with Gasteiger partial charge in [-0.2, -0.15) is 13.2 Å². The van der Waals surface area contributed by atoms with Gasteiger partial charge in [-0.25, -0.2) is 4.39 Å². The highest BCUT2D eigenvalue weighted by Crippen LogP contribution is 2.36. The second kappa shape index (κ2) is 10.1. The molecule has 3 rings (SSSR count). The molecule has 0 saturated heterocycles. The highest BCUT2D eigenvalue weighted by molar-refractivity contribution is 6.33. The summed E-state index contributed by atoms with van der Waals surface area (Å²) in [6, 6.07) is 18.4. The van der Waals surface area contributed by atoms with Crippen LogP contribution in [0.1, 0.15) is 22.6 Å². The third-order valence-electron chi connectivity index (χ3n) is 5.29. The van der Waals surface area contributed by atoms with Gasteiger partial charge in [-0.15, -0.1) is 0 Å². The van der Waals surface area contributed by atoms with Gasteiger partial charge in [0.1, 0.15) is 5.82 Å². The summed E-state index contributed by atoms with van der Waals surface area (Å²) in [5, 5.41) is 0.179. The van der Waals surface area contributed by atoms with E-state index in [1.54, 1.807) is 4.90 Å². The summed E-state index contributed by atoms with van der Waals surface area (Å²) in [6.07, 6.45) is -4.01. The van der Waals surface area contributed by atoms with E-state index < -0.39 is 23.5 Å². The topological polar surface area (TPSA) is 29.3 Å². The molecule has 7 heteroatoms. The van der Waals surface area contributed by atoms with Crippen LogP contribution in [0.3, 0.4) is 0 Å². The molecule has 0 heterocycles. The van der Waals surface area contributed by atoms with E-state index in [-0.39, 0.29) is 5.02 Å². The van der Waals surface area contributed by atoms with Crippen LogP contribution in [0.4, 0.5) is 23.2 Å². The second-order valence-corrected chi connectivity index (χ2v) is 8.01. The average Bonchev–Trinajstić information content (AvgIpc) is 2.75. The van der Waals surface area contributed by atoms with E-state index >= 15 is 0 Å². The van der Waals surface area contributed by atoms with Crippen LogP contribution in [0.5, 0.6) is 0 Å². The smallest absolute Gasteiger partial charge is 0.402 e. The molecule has 172 valence electrons. The highest BCUT2D eigenvalue weighted by Gasteiger charge is 2.30. The van der Waals surface area contributed by atoms with E-state index in [1.807, 2.05) is 30.3 Å². The number of benzene rings is 3. The molecule has 3 aromatic carbocycles. The molecule has 0 aromatic heterocycles. The van der Waals surface area contributed by atoms with Crippen molar-refractivity contribution in [1.82, 2.24) is 0 Å². The molecule has 3 aromatic rings. The lowest BCUT2D eigenvalue weighted by atomic mass is 9.92. The van der Waals surface area contributed by atoms with Crippen molar-refractivity contribution < 1.29 is 17.6 Å². The van der Waals surface area contributed by atoms with Gasteiger partial charge in [-0.05, 0) is 47.9 Å². The molecule has 0 bridgehead atoms. The molecule has 0 radical (unpaired) electrons. The van der Waals surface area contributed by atoms with E-state index in [2.05, 4.69) is 13.2 Å². The Morgan fingerprint density at radius 1 is 0.970 bits per heavy atom. The lowest BCUT2D eigenvalue weighted by Gasteiger charge is -2.33. The van der Waals surface area contributed by atoms with Crippen LogP contribution >= 0.6 is 11.6 Å². The minimum Gasteiger partial charge on any atom is -0.402 e. The van der Waals surface area contributed by atoms with Gasteiger partial charge in [0, 0.05) is 17.9 Å². The normalized spacial score (nSPS) is 12.3. The maximum atomic E-state index is 13.7. The maximum Gasteiger partial charge on any atom is 0.416 e. The van der Waals surface area contributed by atoms with Crippen molar-refractivity contribution in [3.05, 3.63) is 125 Å². The summed E-state index contributed by atoms with van der Waals surface area (Å²) in [7, 11) is 0. The molecule has 1 atom stereocenters. The number of anilines is 1. The van der Waals surface area contributed by atoms with E-state index in [1.165, 1.54) is 30.3 Å². The fourth-order valence-electron chi connectivity index (χ4n) is 3.64. The van der Waals surface area contributed by atoms with Crippen LogP contribution in [-0.2, 0) is 12.6 Å². The van der Waals surface area contributed by atoms with Crippen LogP contribution < -0.4 is 10.6 Å². The molecule has 2 nitrogen and oxygen atoms in total. The van der Waals surface area contributed by atoms with Gasteiger partial charge in [0.2, 0.25) is 0 Å². The van der Waals surface area contributed by atoms with Gasteiger partial charge in [0.15, 0.2) is 0 Å². The molecule has 1 unspecified atom stereocenters. The Bertz CT molecular complexity index is 1130. The quantitative estimate of drug-likeness (QED) is 0.347. The Morgan fingerprint density at radius 2 is 1.61 bits per heavy atom. The van der Waals surface area contributed by atoms with Gasteiger partial charge in [-0.1, -0.05) is 67.2 Å². The zero-order chi connectivity index (χ0) is 24.2. The standard InChI is InChI=1S/C26H23ClF4N2/c1-17(32)25(20-6-4-3-5-7-20)18(2)33(24-13-12-22(28)16-23(24)27)15-14-19-8-10-21(11-9-19)26(29,30)31/h3-13,16,25H,1-2,14-15,32H2. The first-order valence-corrected chi connectivity index (χ1v) is 10.5. The van der Waals surface area contributed by atoms with Gasteiger partial charge in [0.05, 0.1) is 22.2 Å². The van der Waals surface area contributed by atoms with Crippen molar-refractivity contribution in [2.45, 2.75) is 18.5 Å². The molecule has 0 aliphatic carbocycles. The van der Waals surface area contributed by atoms with Crippen LogP contribution in [0.25, 0.3) is 0 Å². The summed E-state index contributed by atoms with van der Waals surface area (Å²) in [5.74, 6) is -0.931. The Kier molecular flexibility index (Phi) is 7.49. The van der Waals surface area contributed by atoms with E-state index in [0.717, 1.165) is 17.7 Å². The van der Waals surface area contributed by atoms with Crippen molar-refractivity contribution in [3.8, 4) is 0 Å². The number of halogens is 5. The number of nitrogens with zero attached hydrogens (tertiary/aromatic N) is 1. The van der Waals surface area contributed by atoms with Gasteiger partial charge >= 0.3 is 6.18 Å². The molecule has 0 saturated carbocycles. The number of nitrogens with two attached hydrogens (primary N) is 1. The molecule has 0 aliphatic heterocycles. The molecule has 0 spiro atoms. The molecule has 0 aliphatic rings.